The van der Waals surface area contributed by atoms with Crippen LogP contribution in [0, 0.1) is 0 Å². The van der Waals surface area contributed by atoms with Crippen molar-refractivity contribution in [3.8, 4) is 0 Å². The molecule has 312 valence electrons. The van der Waals surface area contributed by atoms with E-state index in [1.165, 1.54) is 147 Å². The SMILES string of the molecule is CC(C)=CCC/C(C)=C/CC/C(C)=C/CC/C(C)=C/CC/C(C)=C/CC/C(C)=C/CC/C(C)=C/CC/C(C)=C/CC/C(C)=C/CN1CCN(CCCN)CC1. The normalized spacial score (nSPS) is 16.7. The van der Waals surface area contributed by atoms with Gasteiger partial charge in [-0.25, -0.2) is 0 Å². The molecule has 0 amide bonds. The number of rotatable bonds is 29. The van der Waals surface area contributed by atoms with Gasteiger partial charge in [0.1, 0.15) is 0 Å². The Hall–Kier alpha value is -2.46. The van der Waals surface area contributed by atoms with Gasteiger partial charge in [-0.1, -0.05) is 105 Å². The fraction of sp³-hybridized carbons (Fsp3) is 0.654. The highest BCUT2D eigenvalue weighted by atomic mass is 15.3. The molecule has 2 N–H and O–H groups in total. The molecular formula is C52H89N3. The number of allylic oxidation sites excluding steroid dienone is 17. The van der Waals surface area contributed by atoms with E-state index in [0.717, 1.165) is 58.2 Å². The van der Waals surface area contributed by atoms with Crippen molar-refractivity contribution >= 4 is 0 Å². The van der Waals surface area contributed by atoms with E-state index in [2.05, 4.69) is 134 Å². The molecule has 3 heteroatoms. The molecule has 1 heterocycles. The monoisotopic (exact) mass is 756 g/mol. The first-order valence-corrected chi connectivity index (χ1v) is 22.4. The van der Waals surface area contributed by atoms with Gasteiger partial charge in [0.2, 0.25) is 0 Å². The summed E-state index contributed by atoms with van der Waals surface area (Å²) in [5.41, 5.74) is 19.3. The molecule has 0 aliphatic carbocycles. The smallest absolute Gasteiger partial charge is 0.0166 e. The highest BCUT2D eigenvalue weighted by Gasteiger charge is 2.15. The van der Waals surface area contributed by atoms with Gasteiger partial charge in [-0.15, -0.1) is 0 Å². The average molecular weight is 756 g/mol. The standard InChI is InChI=1S/C52H89N3/c1-44(2)20-11-21-45(3)22-12-23-46(4)24-13-25-47(5)26-14-27-48(6)28-15-29-49(7)30-16-31-50(8)32-17-33-51(9)34-18-35-52(10)36-39-55-42-40-54(41-43-55)38-19-37-53/h20,22,24,26,28,30,32,34,36H,11-19,21,23,25,27,29,31,33,35,37-43,53H2,1-10H3/b45-22+,46-24+,47-26+,48-28+,49-30+,50-32+,51-34+,52-36+. The number of hydrogen-bond donors (Lipinski definition) is 1. The van der Waals surface area contributed by atoms with Crippen LogP contribution in [-0.4, -0.2) is 55.6 Å². The second kappa shape index (κ2) is 32.6. The summed E-state index contributed by atoms with van der Waals surface area (Å²) in [4.78, 5) is 5.15. The number of hydrogen-bond acceptors (Lipinski definition) is 3. The largest absolute Gasteiger partial charge is 0.330 e. The molecule has 1 rings (SSSR count). The summed E-state index contributed by atoms with van der Waals surface area (Å²) in [5.74, 6) is 0. The fourth-order valence-corrected chi connectivity index (χ4v) is 7.02. The lowest BCUT2D eigenvalue weighted by Crippen LogP contribution is -2.46. The zero-order valence-electron chi connectivity index (χ0n) is 38.1. The molecule has 0 saturated carbocycles. The second-order valence-electron chi connectivity index (χ2n) is 17.3. The van der Waals surface area contributed by atoms with Crippen LogP contribution in [0.1, 0.15) is 178 Å². The van der Waals surface area contributed by atoms with Crippen LogP contribution in [0.3, 0.4) is 0 Å². The molecule has 1 fully saturated rings. The van der Waals surface area contributed by atoms with Crippen LogP contribution in [0.4, 0.5) is 0 Å². The van der Waals surface area contributed by atoms with Crippen molar-refractivity contribution in [2.45, 2.75) is 178 Å². The number of nitrogens with zero attached hydrogens (tertiary/aromatic N) is 2. The molecule has 0 aromatic carbocycles. The van der Waals surface area contributed by atoms with Crippen LogP contribution in [0.2, 0.25) is 0 Å². The summed E-state index contributed by atoms with van der Waals surface area (Å²) in [6, 6.07) is 0. The third-order valence-electron chi connectivity index (χ3n) is 11.2. The minimum absolute atomic E-state index is 0.804. The molecule has 0 aromatic rings. The van der Waals surface area contributed by atoms with E-state index in [1.54, 1.807) is 0 Å². The van der Waals surface area contributed by atoms with Crippen LogP contribution in [-0.2, 0) is 0 Å². The maximum atomic E-state index is 5.67. The molecule has 0 bridgehead atoms. The van der Waals surface area contributed by atoms with Gasteiger partial charge in [-0.3, -0.25) is 4.90 Å². The summed E-state index contributed by atoms with van der Waals surface area (Å²) in [5, 5.41) is 0. The fourth-order valence-electron chi connectivity index (χ4n) is 7.02. The van der Waals surface area contributed by atoms with Crippen molar-refractivity contribution in [2.75, 3.05) is 45.8 Å². The van der Waals surface area contributed by atoms with Crippen LogP contribution < -0.4 is 5.73 Å². The van der Waals surface area contributed by atoms with Gasteiger partial charge in [0.05, 0.1) is 0 Å². The van der Waals surface area contributed by atoms with E-state index in [0.29, 0.717) is 0 Å². The van der Waals surface area contributed by atoms with Crippen molar-refractivity contribution in [1.82, 2.24) is 9.80 Å². The Morgan fingerprint density at radius 3 is 0.891 bits per heavy atom. The van der Waals surface area contributed by atoms with Gasteiger partial charge in [-0.05, 0) is 191 Å². The highest BCUT2D eigenvalue weighted by Crippen LogP contribution is 2.18. The van der Waals surface area contributed by atoms with Crippen LogP contribution >= 0.6 is 0 Å². The Labute approximate surface area is 343 Å². The molecule has 0 unspecified atom stereocenters. The Balaban J connectivity index is 2.20. The lowest BCUT2D eigenvalue weighted by Gasteiger charge is -2.34. The molecule has 55 heavy (non-hydrogen) atoms. The van der Waals surface area contributed by atoms with Crippen LogP contribution in [0.25, 0.3) is 0 Å². The molecule has 1 aliphatic heterocycles. The van der Waals surface area contributed by atoms with Crippen LogP contribution in [0.15, 0.2) is 105 Å². The lowest BCUT2D eigenvalue weighted by molar-refractivity contribution is 0.142. The Morgan fingerprint density at radius 1 is 0.364 bits per heavy atom. The highest BCUT2D eigenvalue weighted by molar-refractivity contribution is 5.11. The molecule has 0 radical (unpaired) electrons. The first-order valence-electron chi connectivity index (χ1n) is 22.4. The molecule has 0 atom stereocenters. The molecule has 0 aromatic heterocycles. The Kier molecular flexibility index (Phi) is 30.0. The van der Waals surface area contributed by atoms with E-state index in [1.807, 2.05) is 0 Å². The summed E-state index contributed by atoms with van der Waals surface area (Å²) in [6.45, 7) is 30.6. The predicted molar refractivity (Wildman–Crippen MR) is 250 cm³/mol. The van der Waals surface area contributed by atoms with Crippen molar-refractivity contribution < 1.29 is 0 Å². The molecular weight excluding hydrogens is 667 g/mol. The third kappa shape index (κ3) is 30.4. The van der Waals surface area contributed by atoms with E-state index < -0.39 is 0 Å². The van der Waals surface area contributed by atoms with Crippen LogP contribution in [0.5, 0.6) is 0 Å². The van der Waals surface area contributed by atoms with Gasteiger partial charge in [0.25, 0.3) is 0 Å². The first kappa shape index (κ1) is 50.6. The van der Waals surface area contributed by atoms with E-state index >= 15 is 0 Å². The van der Waals surface area contributed by atoms with Gasteiger partial charge in [0.15, 0.2) is 0 Å². The Bertz CT molecular complexity index is 1310. The summed E-state index contributed by atoms with van der Waals surface area (Å²) in [6.07, 6.45) is 41.9. The maximum absolute atomic E-state index is 5.67. The maximum Gasteiger partial charge on any atom is 0.0166 e. The summed E-state index contributed by atoms with van der Waals surface area (Å²) >= 11 is 0. The van der Waals surface area contributed by atoms with E-state index in [4.69, 9.17) is 5.73 Å². The van der Waals surface area contributed by atoms with Crippen molar-refractivity contribution in [2.24, 2.45) is 5.73 Å². The summed E-state index contributed by atoms with van der Waals surface area (Å²) in [7, 11) is 0. The Morgan fingerprint density at radius 2 is 0.618 bits per heavy atom. The zero-order chi connectivity index (χ0) is 40.7. The lowest BCUT2D eigenvalue weighted by atomic mass is 10.0. The van der Waals surface area contributed by atoms with E-state index in [-0.39, 0.29) is 0 Å². The van der Waals surface area contributed by atoms with Crippen molar-refractivity contribution in [3.05, 3.63) is 105 Å². The molecule has 0 spiro atoms. The van der Waals surface area contributed by atoms with Gasteiger partial charge >= 0.3 is 0 Å². The predicted octanol–water partition coefficient (Wildman–Crippen LogP) is 14.7. The minimum atomic E-state index is 0.804. The zero-order valence-corrected chi connectivity index (χ0v) is 38.1. The topological polar surface area (TPSA) is 32.5 Å². The molecule has 1 aliphatic rings. The number of piperazine rings is 1. The van der Waals surface area contributed by atoms with Gasteiger partial charge in [0, 0.05) is 32.7 Å². The summed E-state index contributed by atoms with van der Waals surface area (Å²) < 4.78 is 0. The van der Waals surface area contributed by atoms with E-state index in [9.17, 15) is 0 Å². The van der Waals surface area contributed by atoms with Gasteiger partial charge < -0.3 is 10.6 Å². The number of nitrogens with two attached hydrogens (primary N) is 1. The van der Waals surface area contributed by atoms with Crippen molar-refractivity contribution in [1.29, 1.82) is 0 Å². The first-order chi connectivity index (χ1) is 26.4. The minimum Gasteiger partial charge on any atom is -0.330 e. The van der Waals surface area contributed by atoms with Gasteiger partial charge in [-0.2, -0.15) is 0 Å². The average Bonchev–Trinajstić information content (AvgIpc) is 3.13. The second-order valence-corrected chi connectivity index (χ2v) is 17.3. The molecule has 3 nitrogen and oxygen atoms in total. The van der Waals surface area contributed by atoms with Crippen molar-refractivity contribution in [3.63, 3.8) is 0 Å². The quantitative estimate of drug-likeness (QED) is 0.0772. The molecule has 1 saturated heterocycles. The third-order valence-corrected chi connectivity index (χ3v) is 11.2.